The zero-order valence-corrected chi connectivity index (χ0v) is 17.6. The van der Waals surface area contributed by atoms with Crippen molar-refractivity contribution in [3.63, 3.8) is 0 Å². The minimum atomic E-state index is -0.540. The van der Waals surface area contributed by atoms with Gasteiger partial charge >= 0.3 is 5.97 Å². The molecule has 0 saturated heterocycles. The molecule has 0 atom stereocenters. The third-order valence-electron chi connectivity index (χ3n) is 3.83. The second-order valence-electron chi connectivity index (χ2n) is 6.50. The Bertz CT molecular complexity index is 680. The van der Waals surface area contributed by atoms with Gasteiger partial charge in [-0.05, 0) is 37.1 Å². The maximum Gasteiger partial charge on any atom is 0.325 e. The normalized spacial score (nSPS) is 10.8. The summed E-state index contributed by atoms with van der Waals surface area (Å²) < 4.78 is 9.88. The van der Waals surface area contributed by atoms with Crippen molar-refractivity contribution in [3.05, 3.63) is 33.9 Å². The van der Waals surface area contributed by atoms with E-state index in [9.17, 15) is 19.7 Å². The van der Waals surface area contributed by atoms with Crippen molar-refractivity contribution in [2.45, 2.75) is 32.1 Å². The maximum atomic E-state index is 12.8. The monoisotopic (exact) mass is 412 g/mol. The van der Waals surface area contributed by atoms with Crippen LogP contribution in [0.3, 0.4) is 0 Å². The molecule has 0 bridgehead atoms. The summed E-state index contributed by atoms with van der Waals surface area (Å²) in [5.41, 5.74) is 0.0442. The summed E-state index contributed by atoms with van der Waals surface area (Å²) in [7, 11) is 1.49. The van der Waals surface area contributed by atoms with Gasteiger partial charge in [-0.25, -0.2) is 0 Å². The second-order valence-corrected chi connectivity index (χ2v) is 7.63. The van der Waals surface area contributed by atoms with Gasteiger partial charge in [-0.1, -0.05) is 13.8 Å². The highest BCUT2D eigenvalue weighted by Gasteiger charge is 2.23. The first-order valence-electron chi connectivity index (χ1n) is 9.15. The van der Waals surface area contributed by atoms with Crippen LogP contribution < -0.4 is 0 Å². The van der Waals surface area contributed by atoms with Crippen LogP contribution in [0.2, 0.25) is 0 Å². The smallest absolute Gasteiger partial charge is 0.325 e. The number of nitro groups is 1. The zero-order valence-electron chi connectivity index (χ0n) is 16.8. The van der Waals surface area contributed by atoms with Crippen LogP contribution in [0.25, 0.3) is 0 Å². The number of nitrogens with zero attached hydrogens (tertiary/aromatic N) is 2. The van der Waals surface area contributed by atoms with Crippen molar-refractivity contribution in [2.24, 2.45) is 5.92 Å². The molecule has 8 nitrogen and oxygen atoms in total. The van der Waals surface area contributed by atoms with E-state index < -0.39 is 16.8 Å². The van der Waals surface area contributed by atoms with E-state index >= 15 is 0 Å². The van der Waals surface area contributed by atoms with E-state index in [1.54, 1.807) is 19.1 Å². The third kappa shape index (κ3) is 7.85. The van der Waals surface area contributed by atoms with Crippen LogP contribution >= 0.6 is 11.8 Å². The zero-order chi connectivity index (χ0) is 21.1. The van der Waals surface area contributed by atoms with Gasteiger partial charge in [0.1, 0.15) is 6.54 Å². The van der Waals surface area contributed by atoms with Crippen molar-refractivity contribution in [3.8, 4) is 0 Å². The van der Waals surface area contributed by atoms with Gasteiger partial charge in [0.05, 0.1) is 23.0 Å². The number of ether oxygens (including phenoxy) is 2. The number of thioether (sulfide) groups is 1. The molecule has 0 aliphatic carbocycles. The average molecular weight is 413 g/mol. The number of hydrogen-bond acceptors (Lipinski definition) is 7. The number of methoxy groups -OCH3 is 1. The summed E-state index contributed by atoms with van der Waals surface area (Å²) in [5, 5.41) is 11.5. The van der Waals surface area contributed by atoms with E-state index in [-0.39, 0.29) is 37.6 Å². The molecule has 0 unspecified atom stereocenters. The van der Waals surface area contributed by atoms with Crippen molar-refractivity contribution in [1.82, 2.24) is 4.90 Å². The fourth-order valence-corrected chi connectivity index (χ4v) is 3.57. The minimum Gasteiger partial charge on any atom is -0.465 e. The molecule has 0 N–H and O–H groups in total. The Morgan fingerprint density at radius 3 is 2.61 bits per heavy atom. The first-order chi connectivity index (χ1) is 13.3. The molecule has 1 aromatic rings. The highest BCUT2D eigenvalue weighted by molar-refractivity contribution is 7.99. The molecular formula is C19H28N2O6S. The number of amides is 1. The Morgan fingerprint density at radius 2 is 2.04 bits per heavy atom. The molecule has 28 heavy (non-hydrogen) atoms. The van der Waals surface area contributed by atoms with Crippen LogP contribution in [0.4, 0.5) is 5.69 Å². The molecule has 9 heteroatoms. The maximum absolute atomic E-state index is 12.8. The molecule has 1 rings (SSSR count). The fraction of sp³-hybridized carbons (Fsp3) is 0.579. The summed E-state index contributed by atoms with van der Waals surface area (Å²) in [4.78, 5) is 37.4. The van der Waals surface area contributed by atoms with E-state index in [0.717, 1.165) is 12.2 Å². The number of nitro benzene ring substituents is 1. The van der Waals surface area contributed by atoms with Crippen molar-refractivity contribution in [2.75, 3.05) is 39.2 Å². The van der Waals surface area contributed by atoms with Crippen LogP contribution in [-0.2, 0) is 14.3 Å². The molecule has 0 spiro atoms. The molecule has 0 saturated carbocycles. The Balaban J connectivity index is 3.03. The number of hydrogen-bond donors (Lipinski definition) is 0. The molecule has 156 valence electrons. The summed E-state index contributed by atoms with van der Waals surface area (Å²) in [6.45, 7) is 6.23. The summed E-state index contributed by atoms with van der Waals surface area (Å²) in [5.74, 6) is 0.244. The predicted molar refractivity (Wildman–Crippen MR) is 108 cm³/mol. The van der Waals surface area contributed by atoms with Gasteiger partial charge in [-0.2, -0.15) is 0 Å². The second kappa shape index (κ2) is 12.4. The molecule has 0 aliphatic heterocycles. The number of carbonyl (C=O) groups is 2. The van der Waals surface area contributed by atoms with Crippen LogP contribution in [0.15, 0.2) is 23.1 Å². The molecule has 0 aliphatic rings. The Morgan fingerprint density at radius 1 is 1.32 bits per heavy atom. The van der Waals surface area contributed by atoms with Crippen molar-refractivity contribution < 1.29 is 24.0 Å². The lowest BCUT2D eigenvalue weighted by Crippen LogP contribution is -2.38. The van der Waals surface area contributed by atoms with Gasteiger partial charge in [0.2, 0.25) is 0 Å². The van der Waals surface area contributed by atoms with Gasteiger partial charge in [-0.15, -0.1) is 11.8 Å². The Labute approximate surface area is 169 Å². The summed E-state index contributed by atoms with van der Waals surface area (Å²) >= 11 is 1.40. The standard InChI is InChI=1S/C19H28N2O6S/c1-5-27-18(22)13-20(9-10-26-4)19(23)15-6-7-17(16(12-15)21(24)25)28-11-8-14(2)3/h6-7,12,14H,5,8-11,13H2,1-4H3. The van der Waals surface area contributed by atoms with E-state index in [4.69, 9.17) is 9.47 Å². The van der Waals surface area contributed by atoms with Gasteiger partial charge in [0, 0.05) is 25.3 Å². The van der Waals surface area contributed by atoms with Crippen LogP contribution in [0, 0.1) is 16.0 Å². The SMILES string of the molecule is CCOC(=O)CN(CCOC)C(=O)c1ccc(SCCC(C)C)c([N+](=O)[O-])c1. The Hall–Kier alpha value is -2.13. The van der Waals surface area contributed by atoms with Gasteiger partial charge in [0.25, 0.3) is 11.6 Å². The highest BCUT2D eigenvalue weighted by atomic mass is 32.2. The predicted octanol–water partition coefficient (Wildman–Crippen LogP) is 3.38. The lowest BCUT2D eigenvalue weighted by Gasteiger charge is -2.21. The van der Waals surface area contributed by atoms with Crippen LogP contribution in [0.5, 0.6) is 0 Å². The van der Waals surface area contributed by atoms with E-state index in [1.165, 1.54) is 29.8 Å². The lowest BCUT2D eigenvalue weighted by molar-refractivity contribution is -0.387. The molecule has 1 aromatic carbocycles. The third-order valence-corrected chi connectivity index (χ3v) is 4.93. The number of rotatable bonds is 12. The largest absolute Gasteiger partial charge is 0.465 e. The minimum absolute atomic E-state index is 0.109. The first kappa shape index (κ1) is 23.9. The molecule has 0 heterocycles. The van der Waals surface area contributed by atoms with Crippen LogP contribution in [-0.4, -0.2) is 60.9 Å². The van der Waals surface area contributed by atoms with Gasteiger partial charge in [0.15, 0.2) is 0 Å². The summed E-state index contributed by atoms with van der Waals surface area (Å²) in [6, 6.07) is 4.41. The molecule has 0 aromatic heterocycles. The number of carbonyl (C=O) groups excluding carboxylic acids is 2. The van der Waals surface area contributed by atoms with E-state index in [0.29, 0.717) is 10.8 Å². The number of benzene rings is 1. The molecule has 1 amide bonds. The summed E-state index contributed by atoms with van der Waals surface area (Å²) in [6.07, 6.45) is 0.937. The van der Waals surface area contributed by atoms with Crippen molar-refractivity contribution >= 4 is 29.3 Å². The van der Waals surface area contributed by atoms with Crippen molar-refractivity contribution in [1.29, 1.82) is 0 Å². The van der Waals surface area contributed by atoms with E-state index in [1.807, 2.05) is 0 Å². The Kier molecular flexibility index (Phi) is 10.5. The lowest BCUT2D eigenvalue weighted by atomic mass is 10.1. The number of esters is 1. The molecular weight excluding hydrogens is 384 g/mol. The highest BCUT2D eigenvalue weighted by Crippen LogP contribution is 2.31. The first-order valence-corrected chi connectivity index (χ1v) is 10.1. The van der Waals surface area contributed by atoms with Crippen LogP contribution in [0.1, 0.15) is 37.6 Å². The van der Waals surface area contributed by atoms with Gasteiger partial charge < -0.3 is 14.4 Å². The quantitative estimate of drug-likeness (QED) is 0.225. The molecule has 0 fully saturated rings. The average Bonchev–Trinajstić information content (AvgIpc) is 2.64. The topological polar surface area (TPSA) is 99.0 Å². The van der Waals surface area contributed by atoms with E-state index in [2.05, 4.69) is 13.8 Å². The van der Waals surface area contributed by atoms with Gasteiger partial charge in [-0.3, -0.25) is 19.7 Å². The molecule has 0 radical (unpaired) electrons. The fourth-order valence-electron chi connectivity index (χ4n) is 2.32.